The number of aliphatic hydroxyl groups excluding tert-OH is 4. The summed E-state index contributed by atoms with van der Waals surface area (Å²) in [5.74, 6) is -0.588. The molecule has 4 unspecified atom stereocenters. The fraction of sp³-hybridized carbons (Fsp3) is 0.918. The topological polar surface area (TPSA) is 110 Å². The molecule has 0 fully saturated rings. The van der Waals surface area contributed by atoms with Gasteiger partial charge < -0.3 is 25.7 Å². The molecule has 0 heterocycles. The molecule has 67 heavy (non-hydrogen) atoms. The van der Waals surface area contributed by atoms with Crippen molar-refractivity contribution in [1.29, 1.82) is 0 Å². The van der Waals surface area contributed by atoms with E-state index in [4.69, 9.17) is 0 Å². The van der Waals surface area contributed by atoms with E-state index in [1.165, 1.54) is 263 Å². The van der Waals surface area contributed by atoms with E-state index in [1.807, 2.05) is 0 Å². The van der Waals surface area contributed by atoms with Crippen LogP contribution in [0.2, 0.25) is 0 Å². The minimum absolute atomic E-state index is 0.366. The average molecular weight is 947 g/mol. The zero-order chi connectivity index (χ0) is 48.8. The van der Waals surface area contributed by atoms with Crippen LogP contribution >= 0.6 is 0 Å². The molecular formula is C61H119NO5. The molecule has 0 aliphatic heterocycles. The van der Waals surface area contributed by atoms with E-state index >= 15 is 0 Å². The first-order chi connectivity index (χ1) is 33.0. The van der Waals surface area contributed by atoms with Crippen LogP contribution in [0.3, 0.4) is 0 Å². The van der Waals surface area contributed by atoms with E-state index in [0.29, 0.717) is 12.8 Å². The van der Waals surface area contributed by atoms with Crippen molar-refractivity contribution in [1.82, 2.24) is 5.32 Å². The van der Waals surface area contributed by atoms with Crippen molar-refractivity contribution in [3.63, 3.8) is 0 Å². The molecule has 0 saturated carbocycles. The monoisotopic (exact) mass is 946 g/mol. The lowest BCUT2D eigenvalue weighted by molar-refractivity contribution is -0.132. The maximum absolute atomic E-state index is 12.6. The van der Waals surface area contributed by atoms with Gasteiger partial charge in [-0.3, -0.25) is 4.79 Å². The van der Waals surface area contributed by atoms with Gasteiger partial charge in [0.15, 0.2) is 0 Å². The van der Waals surface area contributed by atoms with Crippen molar-refractivity contribution in [2.24, 2.45) is 0 Å². The van der Waals surface area contributed by atoms with Crippen molar-refractivity contribution in [3.05, 3.63) is 24.3 Å². The van der Waals surface area contributed by atoms with Gasteiger partial charge in [0.1, 0.15) is 12.2 Å². The number of nitrogens with one attached hydrogen (secondary N) is 1. The molecule has 0 rings (SSSR count). The Bertz CT molecular complexity index is 1020. The molecule has 4 atom stereocenters. The van der Waals surface area contributed by atoms with Crippen LogP contribution in [0.1, 0.15) is 328 Å². The number of hydrogen-bond acceptors (Lipinski definition) is 5. The van der Waals surface area contributed by atoms with Crippen LogP contribution in [-0.2, 0) is 4.79 Å². The van der Waals surface area contributed by atoms with Crippen molar-refractivity contribution < 1.29 is 25.2 Å². The second kappa shape index (κ2) is 55.7. The Morgan fingerprint density at radius 1 is 0.358 bits per heavy atom. The summed E-state index contributed by atoms with van der Waals surface area (Å²) in [6.45, 7) is 4.08. The fourth-order valence-electron chi connectivity index (χ4n) is 9.64. The van der Waals surface area contributed by atoms with Crippen LogP contribution in [0.25, 0.3) is 0 Å². The Hall–Kier alpha value is -1.21. The second-order valence-electron chi connectivity index (χ2n) is 21.0. The third-order valence-electron chi connectivity index (χ3n) is 14.4. The van der Waals surface area contributed by atoms with E-state index in [2.05, 4.69) is 43.5 Å². The number of hydrogen-bond donors (Lipinski definition) is 5. The van der Waals surface area contributed by atoms with Crippen molar-refractivity contribution in [2.75, 3.05) is 6.61 Å². The zero-order valence-electron chi connectivity index (χ0n) is 45.2. The second-order valence-corrected chi connectivity index (χ2v) is 21.0. The fourth-order valence-corrected chi connectivity index (χ4v) is 9.64. The molecular weight excluding hydrogens is 827 g/mol. The summed E-state index contributed by atoms with van der Waals surface area (Å²) in [5, 5.41) is 44.0. The summed E-state index contributed by atoms with van der Waals surface area (Å²) in [4.78, 5) is 12.6. The molecule has 6 nitrogen and oxygen atoms in total. The quantitative estimate of drug-likeness (QED) is 0.0308. The number of allylic oxidation sites excluding steroid dienone is 4. The minimum Gasteiger partial charge on any atom is -0.394 e. The van der Waals surface area contributed by atoms with Gasteiger partial charge >= 0.3 is 0 Å². The largest absolute Gasteiger partial charge is 0.394 e. The van der Waals surface area contributed by atoms with Crippen LogP contribution in [0, 0.1) is 0 Å². The van der Waals surface area contributed by atoms with Gasteiger partial charge in [-0.1, -0.05) is 289 Å². The van der Waals surface area contributed by atoms with Gasteiger partial charge in [-0.05, 0) is 64.2 Å². The first-order valence-corrected chi connectivity index (χ1v) is 30.2. The van der Waals surface area contributed by atoms with Crippen molar-refractivity contribution in [3.8, 4) is 0 Å². The summed E-state index contributed by atoms with van der Waals surface area (Å²) >= 11 is 0. The molecule has 398 valence electrons. The highest BCUT2D eigenvalue weighted by Crippen LogP contribution is 2.18. The van der Waals surface area contributed by atoms with E-state index < -0.39 is 36.9 Å². The first kappa shape index (κ1) is 65.8. The molecule has 0 aromatic rings. The Morgan fingerprint density at radius 2 is 0.612 bits per heavy atom. The molecule has 0 aliphatic rings. The third kappa shape index (κ3) is 49.6. The molecule has 0 saturated heterocycles. The molecule has 0 radical (unpaired) electrons. The summed E-state index contributed by atoms with van der Waals surface area (Å²) in [5.41, 5.74) is 0. The lowest BCUT2D eigenvalue weighted by Gasteiger charge is -2.27. The summed E-state index contributed by atoms with van der Waals surface area (Å²) in [6.07, 6.45) is 68.5. The van der Waals surface area contributed by atoms with Crippen molar-refractivity contribution in [2.45, 2.75) is 353 Å². The first-order valence-electron chi connectivity index (χ1n) is 30.2. The normalized spacial score (nSPS) is 13.8. The van der Waals surface area contributed by atoms with Crippen molar-refractivity contribution >= 4 is 5.91 Å². The Kier molecular flexibility index (Phi) is 54.7. The van der Waals surface area contributed by atoms with Crippen LogP contribution in [0.4, 0.5) is 0 Å². The van der Waals surface area contributed by atoms with E-state index in [9.17, 15) is 25.2 Å². The zero-order valence-corrected chi connectivity index (χ0v) is 45.2. The number of carbonyl (C=O) groups excluding carboxylic acids is 1. The summed E-state index contributed by atoms with van der Waals surface area (Å²) in [7, 11) is 0. The minimum atomic E-state index is -1.28. The molecule has 0 aromatic heterocycles. The highest BCUT2D eigenvalue weighted by atomic mass is 16.3. The molecule has 0 bridgehead atoms. The van der Waals surface area contributed by atoms with E-state index in [1.54, 1.807) is 0 Å². The molecule has 0 aromatic carbocycles. The Labute approximate surface area is 418 Å². The molecule has 6 heteroatoms. The number of rotatable bonds is 56. The predicted molar refractivity (Wildman–Crippen MR) is 293 cm³/mol. The third-order valence-corrected chi connectivity index (χ3v) is 14.4. The average Bonchev–Trinajstić information content (AvgIpc) is 3.33. The SMILES string of the molecule is CCCCCCCCCCCCCC/C=C/CCCC(O)C(O)C(CO)NC(=O)C(O)CCCCCCCCCCCCCCCCCC/C=C\CCCCCCCCCCCCCCCC. The predicted octanol–water partition coefficient (Wildman–Crippen LogP) is 17.8. The summed E-state index contributed by atoms with van der Waals surface area (Å²) < 4.78 is 0. The number of carbonyl (C=O) groups is 1. The molecule has 1 amide bonds. The van der Waals surface area contributed by atoms with E-state index in [-0.39, 0.29) is 0 Å². The molecule has 0 spiro atoms. The molecule has 0 aliphatic carbocycles. The Morgan fingerprint density at radius 3 is 0.896 bits per heavy atom. The Balaban J connectivity index is 3.56. The smallest absolute Gasteiger partial charge is 0.249 e. The number of amides is 1. The van der Waals surface area contributed by atoms with E-state index in [0.717, 1.165) is 38.5 Å². The number of aliphatic hydroxyl groups is 4. The van der Waals surface area contributed by atoms with Crippen LogP contribution in [-0.4, -0.2) is 57.3 Å². The van der Waals surface area contributed by atoms with Crippen LogP contribution in [0.15, 0.2) is 24.3 Å². The van der Waals surface area contributed by atoms with Crippen LogP contribution < -0.4 is 5.32 Å². The molecule has 5 N–H and O–H groups in total. The lowest BCUT2D eigenvalue weighted by atomic mass is 10.00. The highest BCUT2D eigenvalue weighted by Gasteiger charge is 2.28. The summed E-state index contributed by atoms with van der Waals surface area (Å²) in [6, 6.07) is -1.00. The van der Waals surface area contributed by atoms with Crippen LogP contribution in [0.5, 0.6) is 0 Å². The highest BCUT2D eigenvalue weighted by molar-refractivity contribution is 5.80. The number of unbranched alkanes of at least 4 members (excludes halogenated alkanes) is 43. The standard InChI is InChI=1S/C61H119NO5/c1-3-5-7-9-11-13-15-17-19-21-22-23-24-25-26-27-28-29-30-31-32-33-34-35-36-37-39-41-43-45-47-49-51-53-55-59(65)61(67)62-57(56-63)60(66)58(64)54-52-50-48-46-44-42-40-38-20-18-16-14-12-10-8-6-4-2/h27-28,46,48,57-60,63-66H,3-26,29-45,47,49-56H2,1-2H3,(H,62,67)/b28-27-,48-46+. The maximum Gasteiger partial charge on any atom is 0.249 e. The lowest BCUT2D eigenvalue weighted by Crippen LogP contribution is -2.53. The van der Waals surface area contributed by atoms with Gasteiger partial charge in [0.2, 0.25) is 5.91 Å². The maximum atomic E-state index is 12.6. The van der Waals surface area contributed by atoms with Gasteiger partial charge in [-0.25, -0.2) is 0 Å². The van der Waals surface area contributed by atoms with Gasteiger partial charge in [0.05, 0.1) is 18.8 Å². The van der Waals surface area contributed by atoms with Gasteiger partial charge in [0, 0.05) is 0 Å². The van der Waals surface area contributed by atoms with Gasteiger partial charge in [0.25, 0.3) is 0 Å². The van der Waals surface area contributed by atoms with Gasteiger partial charge in [-0.15, -0.1) is 0 Å². The van der Waals surface area contributed by atoms with Gasteiger partial charge in [-0.2, -0.15) is 0 Å².